The van der Waals surface area contributed by atoms with Gasteiger partial charge in [0.2, 0.25) is 0 Å². The van der Waals surface area contributed by atoms with Crippen molar-refractivity contribution >= 4 is 0 Å². The first-order chi connectivity index (χ1) is 17.9. The lowest BCUT2D eigenvalue weighted by Gasteiger charge is -2.39. The number of aliphatic hydroxyl groups is 1. The molecule has 194 valence electrons. The Hall–Kier alpha value is -3.54. The standard InChI is InChI=1S/C26H30F2N8O/c1-20-4-2-3-5-21(20)13-35-15-23(31-32-35)14-33-8-10-34(11-9-33)16-26(37,17-36-19-29-18-30-36)24-7-6-22(27)12-25(24)28/h2-7,12,15,18-19,37H,8-11,13-14,16-17H2,1H3. The van der Waals surface area contributed by atoms with Crippen LogP contribution in [0.4, 0.5) is 8.78 Å². The van der Waals surface area contributed by atoms with Crippen molar-refractivity contribution in [2.24, 2.45) is 0 Å². The Morgan fingerprint density at radius 3 is 2.46 bits per heavy atom. The van der Waals surface area contributed by atoms with Crippen molar-refractivity contribution in [2.45, 2.75) is 32.2 Å². The van der Waals surface area contributed by atoms with Gasteiger partial charge in [-0.15, -0.1) is 5.10 Å². The van der Waals surface area contributed by atoms with Gasteiger partial charge in [0.05, 0.1) is 25.0 Å². The summed E-state index contributed by atoms with van der Waals surface area (Å²) in [5.41, 5.74) is 1.77. The molecule has 0 amide bonds. The Balaban J connectivity index is 1.20. The molecule has 11 heteroatoms. The molecule has 0 aliphatic carbocycles. The summed E-state index contributed by atoms with van der Waals surface area (Å²) in [6.45, 7) is 6.50. The summed E-state index contributed by atoms with van der Waals surface area (Å²) in [6.07, 6.45) is 4.81. The van der Waals surface area contributed by atoms with Gasteiger partial charge in [0.15, 0.2) is 0 Å². The molecule has 3 heterocycles. The van der Waals surface area contributed by atoms with E-state index in [1.54, 1.807) is 0 Å². The fourth-order valence-electron chi connectivity index (χ4n) is 4.82. The highest BCUT2D eigenvalue weighted by Gasteiger charge is 2.36. The number of piperazine rings is 1. The predicted molar refractivity (Wildman–Crippen MR) is 132 cm³/mol. The van der Waals surface area contributed by atoms with E-state index in [2.05, 4.69) is 49.3 Å². The molecule has 2 aromatic heterocycles. The van der Waals surface area contributed by atoms with E-state index in [0.717, 1.165) is 30.9 Å². The summed E-state index contributed by atoms with van der Waals surface area (Å²) in [6, 6.07) is 11.5. The number of nitrogens with zero attached hydrogens (tertiary/aromatic N) is 8. The summed E-state index contributed by atoms with van der Waals surface area (Å²) >= 11 is 0. The van der Waals surface area contributed by atoms with Crippen molar-refractivity contribution in [2.75, 3.05) is 32.7 Å². The Kier molecular flexibility index (Phi) is 7.36. The third-order valence-corrected chi connectivity index (χ3v) is 6.84. The van der Waals surface area contributed by atoms with Crippen LogP contribution in [0.1, 0.15) is 22.4 Å². The Morgan fingerprint density at radius 2 is 1.73 bits per heavy atom. The van der Waals surface area contributed by atoms with E-state index in [0.29, 0.717) is 26.2 Å². The molecule has 1 aliphatic heterocycles. The van der Waals surface area contributed by atoms with Crippen molar-refractivity contribution in [3.05, 3.63) is 95.3 Å². The van der Waals surface area contributed by atoms with Crippen LogP contribution in [-0.2, 0) is 25.2 Å². The lowest BCUT2D eigenvalue weighted by atomic mass is 9.92. The van der Waals surface area contributed by atoms with Crippen LogP contribution in [-0.4, -0.2) is 77.4 Å². The molecule has 9 nitrogen and oxygen atoms in total. The molecule has 1 aliphatic rings. The second kappa shape index (κ2) is 10.8. The fourth-order valence-corrected chi connectivity index (χ4v) is 4.82. The summed E-state index contributed by atoms with van der Waals surface area (Å²) < 4.78 is 31.6. The molecule has 0 bridgehead atoms. The lowest BCUT2D eigenvalue weighted by Crippen LogP contribution is -2.52. The second-order valence-electron chi connectivity index (χ2n) is 9.64. The number of hydrogen-bond donors (Lipinski definition) is 1. The summed E-state index contributed by atoms with van der Waals surface area (Å²) in [5.74, 6) is -1.47. The molecule has 1 saturated heterocycles. The number of halogens is 2. The Morgan fingerprint density at radius 1 is 0.946 bits per heavy atom. The quantitative estimate of drug-likeness (QED) is 0.371. The maximum Gasteiger partial charge on any atom is 0.137 e. The summed E-state index contributed by atoms with van der Waals surface area (Å²) in [7, 11) is 0. The number of aromatic nitrogens is 6. The van der Waals surface area contributed by atoms with Gasteiger partial charge in [0.25, 0.3) is 0 Å². The van der Waals surface area contributed by atoms with Gasteiger partial charge in [0.1, 0.15) is 29.9 Å². The first kappa shape index (κ1) is 25.1. The molecular weight excluding hydrogens is 478 g/mol. The van der Waals surface area contributed by atoms with E-state index in [9.17, 15) is 13.9 Å². The van der Waals surface area contributed by atoms with E-state index >= 15 is 0 Å². The first-order valence-electron chi connectivity index (χ1n) is 12.3. The minimum atomic E-state index is -1.61. The average Bonchev–Trinajstić information content (AvgIpc) is 3.54. The first-order valence-corrected chi connectivity index (χ1v) is 12.3. The van der Waals surface area contributed by atoms with E-state index in [-0.39, 0.29) is 18.7 Å². The second-order valence-corrected chi connectivity index (χ2v) is 9.64. The highest BCUT2D eigenvalue weighted by atomic mass is 19.1. The van der Waals surface area contributed by atoms with Gasteiger partial charge in [0, 0.05) is 50.9 Å². The molecule has 1 N–H and O–H groups in total. The zero-order valence-electron chi connectivity index (χ0n) is 20.7. The molecule has 4 aromatic rings. The van der Waals surface area contributed by atoms with Gasteiger partial charge in [-0.2, -0.15) is 5.10 Å². The fraction of sp³-hybridized carbons (Fsp3) is 0.385. The van der Waals surface area contributed by atoms with Crippen LogP contribution < -0.4 is 0 Å². The zero-order chi connectivity index (χ0) is 25.8. The minimum Gasteiger partial charge on any atom is -0.382 e. The van der Waals surface area contributed by atoms with Crippen molar-refractivity contribution in [1.82, 2.24) is 39.6 Å². The number of β-amino-alcohol motifs (C(OH)–C–C–N with tert-alkyl or cyclic N) is 1. The van der Waals surface area contributed by atoms with Gasteiger partial charge >= 0.3 is 0 Å². The molecule has 1 unspecified atom stereocenters. The molecule has 0 spiro atoms. The third kappa shape index (κ3) is 6.07. The van der Waals surface area contributed by atoms with Crippen LogP contribution in [0.2, 0.25) is 0 Å². The van der Waals surface area contributed by atoms with Crippen LogP contribution in [0.5, 0.6) is 0 Å². The number of benzene rings is 2. The van der Waals surface area contributed by atoms with Gasteiger partial charge in [-0.05, 0) is 24.1 Å². The lowest BCUT2D eigenvalue weighted by molar-refractivity contribution is -0.0324. The van der Waals surface area contributed by atoms with Gasteiger partial charge in [-0.1, -0.05) is 35.5 Å². The summed E-state index contributed by atoms with van der Waals surface area (Å²) in [5, 5.41) is 24.3. The molecule has 0 radical (unpaired) electrons. The molecule has 37 heavy (non-hydrogen) atoms. The zero-order valence-corrected chi connectivity index (χ0v) is 20.7. The van der Waals surface area contributed by atoms with Gasteiger partial charge in [-0.25, -0.2) is 23.1 Å². The van der Waals surface area contributed by atoms with Crippen LogP contribution in [0.15, 0.2) is 61.3 Å². The molecule has 5 rings (SSSR count). The maximum atomic E-state index is 14.7. The van der Waals surface area contributed by atoms with Crippen LogP contribution in [0.25, 0.3) is 0 Å². The number of hydrogen-bond acceptors (Lipinski definition) is 7. The smallest absolute Gasteiger partial charge is 0.137 e. The van der Waals surface area contributed by atoms with Crippen LogP contribution in [0.3, 0.4) is 0 Å². The molecule has 1 fully saturated rings. The largest absolute Gasteiger partial charge is 0.382 e. The van der Waals surface area contributed by atoms with E-state index in [4.69, 9.17) is 0 Å². The van der Waals surface area contributed by atoms with Crippen molar-refractivity contribution < 1.29 is 13.9 Å². The highest BCUT2D eigenvalue weighted by Crippen LogP contribution is 2.28. The average molecular weight is 509 g/mol. The SMILES string of the molecule is Cc1ccccc1Cn1cc(CN2CCN(CC(O)(Cn3cncn3)c3ccc(F)cc3F)CC2)nn1. The van der Waals surface area contributed by atoms with Crippen LogP contribution >= 0.6 is 0 Å². The topological polar surface area (TPSA) is 88.1 Å². The minimum absolute atomic E-state index is 0.000238. The van der Waals surface area contributed by atoms with Gasteiger partial charge < -0.3 is 5.11 Å². The molecule has 1 atom stereocenters. The van der Waals surface area contributed by atoms with E-state index in [1.807, 2.05) is 23.0 Å². The maximum absolute atomic E-state index is 14.7. The number of aryl methyl sites for hydroxylation is 1. The Labute approximate surface area is 214 Å². The molecule has 2 aromatic carbocycles. The monoisotopic (exact) mass is 508 g/mol. The van der Waals surface area contributed by atoms with E-state index < -0.39 is 17.2 Å². The van der Waals surface area contributed by atoms with Crippen LogP contribution in [0, 0.1) is 18.6 Å². The normalized spacial score (nSPS) is 16.6. The Bertz CT molecular complexity index is 1320. The van der Waals surface area contributed by atoms with E-state index in [1.165, 1.54) is 34.5 Å². The highest BCUT2D eigenvalue weighted by molar-refractivity contribution is 5.26. The number of rotatable bonds is 9. The van der Waals surface area contributed by atoms with Crippen molar-refractivity contribution in [3.63, 3.8) is 0 Å². The summed E-state index contributed by atoms with van der Waals surface area (Å²) in [4.78, 5) is 8.29. The third-order valence-electron chi connectivity index (χ3n) is 6.84. The molecule has 0 saturated carbocycles. The van der Waals surface area contributed by atoms with Crippen molar-refractivity contribution in [1.29, 1.82) is 0 Å². The van der Waals surface area contributed by atoms with Gasteiger partial charge in [-0.3, -0.25) is 9.80 Å². The molecular formula is C26H30F2N8O. The predicted octanol–water partition coefficient (Wildman–Crippen LogP) is 2.21. The van der Waals surface area contributed by atoms with Crippen molar-refractivity contribution in [3.8, 4) is 0 Å².